The molecule has 0 spiro atoms. The fourth-order valence-electron chi connectivity index (χ4n) is 0.689. The van der Waals surface area contributed by atoms with Crippen LogP contribution in [0.2, 0.25) is 0 Å². The summed E-state index contributed by atoms with van der Waals surface area (Å²) >= 11 is 0. The van der Waals surface area contributed by atoms with E-state index in [4.69, 9.17) is 6.42 Å². The lowest BCUT2D eigenvalue weighted by atomic mass is 10.2. The molecule has 58 valence electrons. The van der Waals surface area contributed by atoms with Crippen molar-refractivity contribution in [2.45, 2.75) is 6.42 Å². The van der Waals surface area contributed by atoms with Gasteiger partial charge in [-0.15, -0.1) is 6.42 Å². The third kappa shape index (κ3) is 1.49. The van der Waals surface area contributed by atoms with Crippen LogP contribution in [0.5, 0.6) is 0 Å². The predicted molar refractivity (Wildman–Crippen MR) is 36.5 cm³/mol. The quantitative estimate of drug-likeness (QED) is 0.393. The first-order valence-electron chi connectivity index (χ1n) is 3.16. The van der Waals surface area contributed by atoms with Crippen molar-refractivity contribution in [2.75, 3.05) is 13.2 Å². The Hall–Kier alpha value is -1.50. The highest BCUT2D eigenvalue weighted by atomic mass is 16.6. The summed E-state index contributed by atoms with van der Waals surface area (Å²) in [7, 11) is 0. The van der Waals surface area contributed by atoms with Crippen LogP contribution in [-0.4, -0.2) is 30.1 Å². The van der Waals surface area contributed by atoms with Crippen LogP contribution in [-0.2, 0) is 9.53 Å². The predicted octanol–water partition coefficient (Wildman–Crippen LogP) is -0.0115. The molecular weight excluding hydrogens is 146 g/mol. The Morgan fingerprint density at radius 1 is 1.82 bits per heavy atom. The van der Waals surface area contributed by atoms with Crippen LogP contribution in [0.1, 0.15) is 6.42 Å². The zero-order valence-corrected chi connectivity index (χ0v) is 5.87. The van der Waals surface area contributed by atoms with Crippen LogP contribution in [0.3, 0.4) is 0 Å². The molecule has 0 aromatic carbocycles. The van der Waals surface area contributed by atoms with Gasteiger partial charge in [0.2, 0.25) is 5.91 Å². The largest absolute Gasteiger partial charge is 0.436 e. The number of hydrogen-bond donors (Lipinski definition) is 0. The molecule has 1 fully saturated rings. The third-order valence-electron chi connectivity index (χ3n) is 1.35. The smallest absolute Gasteiger partial charge is 0.417 e. The fraction of sp³-hybridized carbons (Fsp3) is 0.429. The van der Waals surface area contributed by atoms with Crippen molar-refractivity contribution in [3.8, 4) is 12.3 Å². The average molecular weight is 153 g/mol. The Balaban J connectivity index is 2.31. The fourth-order valence-corrected chi connectivity index (χ4v) is 0.689. The lowest BCUT2D eigenvalue weighted by Gasteiger charge is -2.26. The van der Waals surface area contributed by atoms with Crippen molar-refractivity contribution in [1.82, 2.24) is 4.90 Å². The lowest BCUT2D eigenvalue weighted by molar-refractivity contribution is -0.137. The summed E-state index contributed by atoms with van der Waals surface area (Å²) in [5, 5.41) is 0. The number of ether oxygens (including phenoxy) is 1. The number of imide groups is 1. The molecule has 1 aliphatic rings. The van der Waals surface area contributed by atoms with E-state index >= 15 is 0 Å². The number of carbonyl (C=O) groups is 2. The van der Waals surface area contributed by atoms with Crippen molar-refractivity contribution >= 4 is 12.0 Å². The van der Waals surface area contributed by atoms with Gasteiger partial charge in [0.05, 0.1) is 0 Å². The minimum atomic E-state index is -0.640. The summed E-state index contributed by atoms with van der Waals surface area (Å²) in [6.07, 6.45) is 4.62. The van der Waals surface area contributed by atoms with E-state index in [9.17, 15) is 9.59 Å². The maximum atomic E-state index is 10.8. The van der Waals surface area contributed by atoms with Gasteiger partial charge >= 0.3 is 6.09 Å². The number of hydrogen-bond acceptors (Lipinski definition) is 3. The van der Waals surface area contributed by atoms with Crippen molar-refractivity contribution < 1.29 is 14.3 Å². The van der Waals surface area contributed by atoms with Gasteiger partial charge in [-0.3, -0.25) is 4.79 Å². The average Bonchev–Trinajstić information content (AvgIpc) is 1.98. The molecule has 1 saturated heterocycles. The normalized spacial score (nSPS) is 15.2. The Morgan fingerprint density at radius 3 is 2.91 bits per heavy atom. The summed E-state index contributed by atoms with van der Waals surface area (Å²) in [5.74, 6) is 1.93. The van der Waals surface area contributed by atoms with E-state index in [1.54, 1.807) is 0 Å². The van der Waals surface area contributed by atoms with Gasteiger partial charge in [-0.2, -0.15) is 0 Å². The molecule has 0 aromatic rings. The molecule has 0 aliphatic carbocycles. The number of β-lactam (4-membered cyclic amide) rings is 1. The van der Waals surface area contributed by atoms with E-state index in [1.807, 2.05) is 0 Å². The van der Waals surface area contributed by atoms with Crippen LogP contribution >= 0.6 is 0 Å². The van der Waals surface area contributed by atoms with Gasteiger partial charge < -0.3 is 4.74 Å². The van der Waals surface area contributed by atoms with Gasteiger partial charge in [-0.05, 0) is 0 Å². The second kappa shape index (κ2) is 3.06. The highest BCUT2D eigenvalue weighted by Gasteiger charge is 2.30. The molecule has 0 aromatic heterocycles. The van der Waals surface area contributed by atoms with Gasteiger partial charge in [0.25, 0.3) is 0 Å². The Labute approximate surface area is 64.1 Å². The van der Waals surface area contributed by atoms with E-state index in [2.05, 4.69) is 10.7 Å². The summed E-state index contributed by atoms with van der Waals surface area (Å²) in [5.41, 5.74) is 0. The zero-order valence-electron chi connectivity index (χ0n) is 5.87. The van der Waals surface area contributed by atoms with E-state index in [0.29, 0.717) is 13.0 Å². The maximum absolute atomic E-state index is 10.8. The van der Waals surface area contributed by atoms with Crippen LogP contribution in [0.15, 0.2) is 0 Å². The highest BCUT2D eigenvalue weighted by Crippen LogP contribution is 2.09. The molecular formula is C7H7NO3. The van der Waals surface area contributed by atoms with E-state index < -0.39 is 6.09 Å². The molecule has 0 bridgehead atoms. The van der Waals surface area contributed by atoms with Crippen molar-refractivity contribution in [2.24, 2.45) is 0 Å². The molecule has 1 aliphatic heterocycles. The maximum Gasteiger partial charge on any atom is 0.417 e. The molecule has 0 saturated carbocycles. The Morgan fingerprint density at radius 2 is 2.55 bits per heavy atom. The molecule has 4 nitrogen and oxygen atoms in total. The van der Waals surface area contributed by atoms with Crippen LogP contribution < -0.4 is 0 Å². The minimum absolute atomic E-state index is 0.0807. The van der Waals surface area contributed by atoms with Crippen LogP contribution in [0, 0.1) is 12.3 Å². The van der Waals surface area contributed by atoms with Gasteiger partial charge in [0.15, 0.2) is 6.61 Å². The van der Waals surface area contributed by atoms with Gasteiger partial charge in [0, 0.05) is 13.0 Å². The van der Waals surface area contributed by atoms with Crippen molar-refractivity contribution in [3.63, 3.8) is 0 Å². The zero-order chi connectivity index (χ0) is 8.27. The van der Waals surface area contributed by atoms with Crippen molar-refractivity contribution in [3.05, 3.63) is 0 Å². The Kier molecular flexibility index (Phi) is 2.12. The van der Waals surface area contributed by atoms with Crippen molar-refractivity contribution in [1.29, 1.82) is 0 Å². The molecule has 0 radical (unpaired) electrons. The summed E-state index contributed by atoms with van der Waals surface area (Å²) < 4.78 is 4.50. The Bertz CT molecular complexity index is 228. The number of amides is 2. The first-order chi connectivity index (χ1) is 5.25. The number of nitrogens with zero attached hydrogens (tertiary/aromatic N) is 1. The molecule has 0 atom stereocenters. The number of likely N-dealkylation sites (tertiary alicyclic amines) is 1. The monoisotopic (exact) mass is 153 g/mol. The summed E-state index contributed by atoms with van der Waals surface area (Å²) in [6.45, 7) is 0.366. The van der Waals surface area contributed by atoms with Gasteiger partial charge in [0.1, 0.15) is 0 Å². The highest BCUT2D eigenvalue weighted by molar-refractivity contribution is 5.96. The lowest BCUT2D eigenvalue weighted by Crippen LogP contribution is -2.47. The standard InChI is InChI=1S/C7H7NO3/c1-2-5-11-7(10)8-4-3-6(8)9/h1H,3-5H2. The minimum Gasteiger partial charge on any atom is -0.436 e. The molecule has 1 rings (SSSR count). The van der Waals surface area contributed by atoms with Crippen LogP contribution in [0.25, 0.3) is 0 Å². The molecule has 2 amide bonds. The summed E-state index contributed by atoms with van der Waals surface area (Å²) in [6, 6.07) is 0. The van der Waals surface area contributed by atoms with Crippen LogP contribution in [0.4, 0.5) is 4.79 Å². The summed E-state index contributed by atoms with van der Waals surface area (Å²) in [4.78, 5) is 22.4. The van der Waals surface area contributed by atoms with Gasteiger partial charge in [-0.25, -0.2) is 9.69 Å². The molecule has 0 unspecified atom stereocenters. The van der Waals surface area contributed by atoms with E-state index in [-0.39, 0.29) is 12.5 Å². The molecule has 4 heteroatoms. The first-order valence-corrected chi connectivity index (χ1v) is 3.16. The second-order valence-electron chi connectivity index (χ2n) is 2.05. The second-order valence-corrected chi connectivity index (χ2v) is 2.05. The molecule has 11 heavy (non-hydrogen) atoms. The first kappa shape index (κ1) is 7.61. The number of carbonyl (C=O) groups excluding carboxylic acids is 2. The van der Waals surface area contributed by atoms with E-state index in [1.165, 1.54) is 0 Å². The molecule has 0 N–H and O–H groups in total. The van der Waals surface area contributed by atoms with Gasteiger partial charge in [-0.1, -0.05) is 5.92 Å². The third-order valence-corrected chi connectivity index (χ3v) is 1.35. The number of rotatable bonds is 1. The topological polar surface area (TPSA) is 46.6 Å². The SMILES string of the molecule is C#CCOC(=O)N1CCC1=O. The van der Waals surface area contributed by atoms with E-state index in [0.717, 1.165) is 4.90 Å². The molecule has 1 heterocycles. The number of terminal acetylenes is 1.